The number of non-ortho nitro benzene ring substituents is 2. The van der Waals surface area contributed by atoms with Gasteiger partial charge in [0.1, 0.15) is 6.04 Å². The van der Waals surface area contributed by atoms with Gasteiger partial charge in [-0.1, -0.05) is 13.8 Å². The lowest BCUT2D eigenvalue weighted by Crippen LogP contribution is -2.42. The van der Waals surface area contributed by atoms with E-state index in [1.807, 2.05) is 13.8 Å². The standard InChI is InChI=1S/C32H33N3O9/c1-4-44-32(39)28(15-20(2)3)33-30(37)14-13-29(36)23-18-24(16-21-5-9-26(10-6-21)34(40)41)31(38)25(19-23)17-22-7-11-27(12-8-22)35(42)43/h5-14,16-17,20,23,28H,4,15,18-19H2,1-3H3,(H,33,37)/b14-13-,24-16+,25-17+/t28-/m0/s1. The molecule has 230 valence electrons. The molecule has 1 aliphatic rings. The number of hydrogen-bond acceptors (Lipinski definition) is 9. The SMILES string of the molecule is CCOC(=O)[C@H](CC(C)C)NC(=O)/C=C\C(=O)C1C/C(=C\c2ccc([N+](=O)[O-])cc2)C(=O)/C(=C/c2ccc([N+](=O)[O-])cc2)C1. The summed E-state index contributed by atoms with van der Waals surface area (Å²) in [6.45, 7) is 5.61. The molecule has 0 saturated heterocycles. The number of rotatable bonds is 12. The van der Waals surface area contributed by atoms with Gasteiger partial charge in [0.15, 0.2) is 11.6 Å². The third kappa shape index (κ3) is 9.38. The van der Waals surface area contributed by atoms with Crippen molar-refractivity contribution < 1.29 is 33.8 Å². The fourth-order valence-corrected chi connectivity index (χ4v) is 4.67. The second-order valence-electron chi connectivity index (χ2n) is 10.6. The molecule has 0 radical (unpaired) electrons. The molecule has 0 unspecified atom stereocenters. The number of hydrogen-bond donors (Lipinski definition) is 1. The Morgan fingerprint density at radius 3 is 1.77 bits per heavy atom. The van der Waals surface area contributed by atoms with Crippen LogP contribution in [0.2, 0.25) is 0 Å². The normalized spacial score (nSPS) is 17.5. The van der Waals surface area contributed by atoms with Crippen molar-refractivity contribution in [1.82, 2.24) is 5.32 Å². The number of nitro groups is 2. The third-order valence-electron chi connectivity index (χ3n) is 6.80. The van der Waals surface area contributed by atoms with Crippen LogP contribution in [0.15, 0.2) is 71.8 Å². The summed E-state index contributed by atoms with van der Waals surface area (Å²) in [6, 6.07) is 10.3. The van der Waals surface area contributed by atoms with Gasteiger partial charge in [-0.3, -0.25) is 34.6 Å². The van der Waals surface area contributed by atoms with Crippen LogP contribution in [-0.4, -0.2) is 45.9 Å². The summed E-state index contributed by atoms with van der Waals surface area (Å²) in [4.78, 5) is 72.6. The molecule has 0 aliphatic heterocycles. The van der Waals surface area contributed by atoms with Crippen molar-refractivity contribution in [2.45, 2.75) is 46.1 Å². The van der Waals surface area contributed by atoms with Crippen LogP contribution in [0.3, 0.4) is 0 Å². The van der Waals surface area contributed by atoms with Crippen LogP contribution in [0, 0.1) is 32.1 Å². The summed E-state index contributed by atoms with van der Waals surface area (Å²) in [5.41, 5.74) is 1.38. The second-order valence-corrected chi connectivity index (χ2v) is 10.6. The number of esters is 1. The van der Waals surface area contributed by atoms with E-state index in [4.69, 9.17) is 4.74 Å². The van der Waals surface area contributed by atoms with Crippen molar-refractivity contribution in [3.8, 4) is 0 Å². The maximum absolute atomic E-state index is 13.5. The van der Waals surface area contributed by atoms with E-state index in [1.165, 1.54) is 48.5 Å². The molecule has 3 rings (SSSR count). The number of Topliss-reactive ketones (excluding diaryl/α,β-unsaturated/α-hetero) is 1. The summed E-state index contributed by atoms with van der Waals surface area (Å²) in [5, 5.41) is 24.6. The molecule has 1 saturated carbocycles. The van der Waals surface area contributed by atoms with Crippen LogP contribution in [0.5, 0.6) is 0 Å². The van der Waals surface area contributed by atoms with Crippen LogP contribution in [0.4, 0.5) is 11.4 Å². The highest BCUT2D eigenvalue weighted by atomic mass is 16.6. The first-order valence-electron chi connectivity index (χ1n) is 14.0. The van der Waals surface area contributed by atoms with Gasteiger partial charge < -0.3 is 10.1 Å². The summed E-state index contributed by atoms with van der Waals surface area (Å²) in [6.07, 6.45) is 5.73. The van der Waals surface area contributed by atoms with Gasteiger partial charge in [0.25, 0.3) is 11.4 Å². The Balaban J connectivity index is 1.88. The Labute approximate surface area is 253 Å². The predicted molar refractivity (Wildman–Crippen MR) is 162 cm³/mol. The highest BCUT2D eigenvalue weighted by Crippen LogP contribution is 2.34. The van der Waals surface area contributed by atoms with Crippen molar-refractivity contribution in [3.63, 3.8) is 0 Å². The number of carbonyl (C=O) groups excluding carboxylic acids is 4. The zero-order valence-electron chi connectivity index (χ0n) is 24.6. The fraction of sp³-hybridized carbons (Fsp3) is 0.312. The van der Waals surface area contributed by atoms with Crippen molar-refractivity contribution in [3.05, 3.63) is 103 Å². The van der Waals surface area contributed by atoms with Gasteiger partial charge in [0.05, 0.1) is 16.5 Å². The molecule has 44 heavy (non-hydrogen) atoms. The monoisotopic (exact) mass is 603 g/mol. The van der Waals surface area contributed by atoms with Crippen molar-refractivity contribution >= 4 is 47.0 Å². The summed E-state index contributed by atoms with van der Waals surface area (Å²) < 4.78 is 5.04. The van der Waals surface area contributed by atoms with Crippen LogP contribution < -0.4 is 5.32 Å². The first-order chi connectivity index (χ1) is 20.9. The van der Waals surface area contributed by atoms with E-state index in [0.717, 1.165) is 12.2 Å². The smallest absolute Gasteiger partial charge is 0.328 e. The third-order valence-corrected chi connectivity index (χ3v) is 6.80. The summed E-state index contributed by atoms with van der Waals surface area (Å²) in [5.74, 6) is -2.60. The number of nitrogens with zero attached hydrogens (tertiary/aromatic N) is 2. The number of allylic oxidation sites excluding steroid dienone is 3. The number of carbonyl (C=O) groups is 4. The molecule has 0 spiro atoms. The number of amides is 1. The molecular weight excluding hydrogens is 570 g/mol. The molecule has 1 aliphatic carbocycles. The van der Waals surface area contributed by atoms with E-state index in [1.54, 1.807) is 19.1 Å². The minimum atomic E-state index is -0.873. The zero-order chi connectivity index (χ0) is 32.4. The number of nitro benzene ring substituents is 2. The van der Waals surface area contributed by atoms with Crippen LogP contribution >= 0.6 is 0 Å². The maximum Gasteiger partial charge on any atom is 0.328 e. The van der Waals surface area contributed by atoms with Crippen LogP contribution in [0.1, 0.15) is 51.2 Å². The van der Waals surface area contributed by atoms with E-state index < -0.39 is 39.5 Å². The molecule has 12 heteroatoms. The molecule has 0 bridgehead atoms. The van der Waals surface area contributed by atoms with Crippen LogP contribution in [0.25, 0.3) is 12.2 Å². The average molecular weight is 604 g/mol. The lowest BCUT2D eigenvalue weighted by atomic mass is 9.78. The summed E-state index contributed by atoms with van der Waals surface area (Å²) >= 11 is 0. The van der Waals surface area contributed by atoms with Gasteiger partial charge >= 0.3 is 5.97 Å². The second kappa shape index (κ2) is 15.3. The minimum Gasteiger partial charge on any atom is -0.464 e. The largest absolute Gasteiger partial charge is 0.464 e. The quantitative estimate of drug-likeness (QED) is 0.148. The Kier molecular flexibility index (Phi) is 11.5. The maximum atomic E-state index is 13.5. The highest BCUT2D eigenvalue weighted by Gasteiger charge is 2.31. The molecule has 1 atom stereocenters. The molecule has 1 amide bonds. The Bertz CT molecular complexity index is 1440. The van der Waals surface area contributed by atoms with E-state index in [0.29, 0.717) is 17.5 Å². The Hall–Kier alpha value is -5.26. The highest BCUT2D eigenvalue weighted by molar-refractivity contribution is 6.15. The molecular formula is C32H33N3O9. The molecule has 2 aromatic carbocycles. The topological polar surface area (TPSA) is 176 Å². The van der Waals surface area contributed by atoms with E-state index >= 15 is 0 Å². The first-order valence-corrected chi connectivity index (χ1v) is 14.0. The number of ketones is 2. The lowest BCUT2D eigenvalue weighted by molar-refractivity contribution is -0.385. The number of benzene rings is 2. The van der Waals surface area contributed by atoms with E-state index in [2.05, 4.69) is 5.32 Å². The predicted octanol–water partition coefficient (Wildman–Crippen LogP) is 5.17. The van der Waals surface area contributed by atoms with E-state index in [9.17, 15) is 39.4 Å². The molecule has 12 nitrogen and oxygen atoms in total. The number of ether oxygens (including phenoxy) is 1. The zero-order valence-corrected chi connectivity index (χ0v) is 24.6. The lowest BCUT2D eigenvalue weighted by Gasteiger charge is -2.24. The van der Waals surface area contributed by atoms with Gasteiger partial charge in [0, 0.05) is 47.4 Å². The van der Waals surface area contributed by atoms with Gasteiger partial charge in [-0.15, -0.1) is 0 Å². The molecule has 2 aromatic rings. The van der Waals surface area contributed by atoms with Crippen molar-refractivity contribution in [1.29, 1.82) is 0 Å². The van der Waals surface area contributed by atoms with Crippen molar-refractivity contribution in [2.75, 3.05) is 6.61 Å². The van der Waals surface area contributed by atoms with Gasteiger partial charge in [0.2, 0.25) is 5.91 Å². The minimum absolute atomic E-state index is 0.0526. The van der Waals surface area contributed by atoms with E-state index in [-0.39, 0.29) is 53.7 Å². The Morgan fingerprint density at radius 1 is 0.886 bits per heavy atom. The van der Waals surface area contributed by atoms with Crippen molar-refractivity contribution in [2.24, 2.45) is 11.8 Å². The van der Waals surface area contributed by atoms with Crippen LogP contribution in [-0.2, 0) is 23.9 Å². The molecule has 1 N–H and O–H groups in total. The number of nitrogens with one attached hydrogen (secondary N) is 1. The fourth-order valence-electron chi connectivity index (χ4n) is 4.67. The first kappa shape index (κ1) is 33.2. The van der Waals surface area contributed by atoms with Gasteiger partial charge in [-0.2, -0.15) is 0 Å². The van der Waals surface area contributed by atoms with Gasteiger partial charge in [-0.25, -0.2) is 4.79 Å². The molecule has 0 aromatic heterocycles. The average Bonchev–Trinajstić information content (AvgIpc) is 2.98. The van der Waals surface area contributed by atoms with Gasteiger partial charge in [-0.05, 0) is 85.7 Å². The molecule has 1 fully saturated rings. The molecule has 0 heterocycles. The Morgan fingerprint density at radius 2 is 1.36 bits per heavy atom. The summed E-state index contributed by atoms with van der Waals surface area (Å²) in [7, 11) is 0.